The number of fused-ring (bicyclic) bond motifs is 12. The van der Waals surface area contributed by atoms with Gasteiger partial charge in [-0.25, -0.2) is 0 Å². The Morgan fingerprint density at radius 3 is 1.60 bits per heavy atom. The van der Waals surface area contributed by atoms with E-state index in [1.807, 2.05) is 0 Å². The number of aromatic nitrogens is 2. The Kier molecular flexibility index (Phi) is 8.39. The highest BCUT2D eigenvalue weighted by Gasteiger charge is 2.42. The third kappa shape index (κ3) is 5.50. The molecule has 0 spiro atoms. The van der Waals surface area contributed by atoms with Crippen molar-refractivity contribution in [1.82, 2.24) is 9.05 Å². The minimum absolute atomic E-state index is 0.170. The Labute approximate surface area is 396 Å². The summed E-state index contributed by atoms with van der Waals surface area (Å²) in [6.07, 6.45) is 0. The number of para-hydroxylation sites is 6. The van der Waals surface area contributed by atoms with Crippen LogP contribution in [-0.4, -0.2) is 15.9 Å². The SMILES string of the molecule is CC1(C)c2ccccc2-c2ccc3c4ccccc4n(B4c5ccccc5-n5c6ccc(N(c7ccccc7)c7ccccc7)cc6c6cc(N(c7ccccc7)c7ccccc7)cc4c65)c3c21. The van der Waals surface area contributed by atoms with E-state index in [1.165, 1.54) is 82.5 Å². The summed E-state index contributed by atoms with van der Waals surface area (Å²) < 4.78 is 5.28. The van der Waals surface area contributed by atoms with Crippen LogP contribution in [-0.2, 0) is 5.41 Å². The van der Waals surface area contributed by atoms with Gasteiger partial charge in [-0.1, -0.05) is 159 Å². The number of anilines is 6. The lowest BCUT2D eigenvalue weighted by Gasteiger charge is -2.32. The molecule has 0 radical (unpaired) electrons. The summed E-state index contributed by atoms with van der Waals surface area (Å²) in [6, 6.07) is 87.3. The molecule has 68 heavy (non-hydrogen) atoms. The maximum Gasteiger partial charge on any atom is 0.332 e. The fourth-order valence-electron chi connectivity index (χ4n) is 12.1. The Balaban J connectivity index is 1.13. The molecular formula is C63H45BN4. The molecule has 0 atom stereocenters. The van der Waals surface area contributed by atoms with Crippen LogP contribution in [0.4, 0.5) is 34.1 Å². The molecule has 3 heterocycles. The topological polar surface area (TPSA) is 16.3 Å². The summed E-state index contributed by atoms with van der Waals surface area (Å²) >= 11 is 0. The van der Waals surface area contributed by atoms with Gasteiger partial charge in [0.25, 0.3) is 0 Å². The lowest BCUT2D eigenvalue weighted by atomic mass is 9.48. The van der Waals surface area contributed by atoms with Gasteiger partial charge < -0.3 is 18.8 Å². The van der Waals surface area contributed by atoms with E-state index in [9.17, 15) is 0 Å². The molecule has 12 aromatic rings. The number of nitrogens with zero attached hydrogens (tertiary/aromatic N) is 4. The van der Waals surface area contributed by atoms with Crippen LogP contribution in [0.15, 0.2) is 237 Å². The Bertz CT molecular complexity index is 3870. The smallest absolute Gasteiger partial charge is 0.332 e. The van der Waals surface area contributed by atoms with Crippen LogP contribution in [0.25, 0.3) is 60.4 Å². The molecular weight excluding hydrogens is 824 g/mol. The molecule has 0 bridgehead atoms. The van der Waals surface area contributed by atoms with Crippen LogP contribution in [0.5, 0.6) is 0 Å². The third-order valence-electron chi connectivity index (χ3n) is 14.8. The molecule has 0 saturated heterocycles. The van der Waals surface area contributed by atoms with Crippen LogP contribution in [0, 0.1) is 0 Å². The number of hydrogen-bond acceptors (Lipinski definition) is 2. The third-order valence-corrected chi connectivity index (χ3v) is 14.8. The first-order valence-electron chi connectivity index (χ1n) is 23.7. The predicted octanol–water partition coefficient (Wildman–Crippen LogP) is 15.1. The molecule has 4 nitrogen and oxygen atoms in total. The molecule has 0 amide bonds. The molecule has 14 rings (SSSR count). The molecule has 0 unspecified atom stereocenters. The largest absolute Gasteiger partial charge is 0.376 e. The fraction of sp³-hybridized carbons (Fsp3) is 0.0476. The Morgan fingerprint density at radius 2 is 0.926 bits per heavy atom. The van der Waals surface area contributed by atoms with Crippen LogP contribution in [0.2, 0.25) is 0 Å². The summed E-state index contributed by atoms with van der Waals surface area (Å²) in [4.78, 5) is 4.81. The van der Waals surface area contributed by atoms with Crippen molar-refractivity contribution in [2.45, 2.75) is 19.3 Å². The highest BCUT2D eigenvalue weighted by atomic mass is 15.2. The van der Waals surface area contributed by atoms with E-state index in [2.05, 4.69) is 269 Å². The van der Waals surface area contributed by atoms with Gasteiger partial charge in [0.2, 0.25) is 0 Å². The van der Waals surface area contributed by atoms with Crippen molar-refractivity contribution in [2.75, 3.05) is 9.80 Å². The first-order chi connectivity index (χ1) is 33.5. The minimum atomic E-state index is -0.227. The molecule has 1 aliphatic heterocycles. The lowest BCUT2D eigenvalue weighted by molar-refractivity contribution is 0.664. The number of hydrogen-bond donors (Lipinski definition) is 0. The summed E-state index contributed by atoms with van der Waals surface area (Å²) in [5, 5.41) is 4.98. The van der Waals surface area contributed by atoms with E-state index >= 15 is 0 Å². The van der Waals surface area contributed by atoms with Crippen molar-refractivity contribution in [3.8, 4) is 16.8 Å². The van der Waals surface area contributed by atoms with E-state index in [0.29, 0.717) is 0 Å². The second-order valence-corrected chi connectivity index (χ2v) is 18.9. The van der Waals surface area contributed by atoms with Gasteiger partial charge >= 0.3 is 6.85 Å². The zero-order valence-electron chi connectivity index (χ0n) is 37.9. The molecule has 1 aliphatic carbocycles. The molecule has 2 aliphatic rings. The number of benzene rings is 10. The van der Waals surface area contributed by atoms with Crippen molar-refractivity contribution in [3.05, 3.63) is 248 Å². The van der Waals surface area contributed by atoms with E-state index in [-0.39, 0.29) is 12.3 Å². The zero-order chi connectivity index (χ0) is 45.1. The van der Waals surface area contributed by atoms with E-state index in [1.54, 1.807) is 0 Å². The molecule has 5 heteroatoms. The molecule has 0 fully saturated rings. The standard InChI is InChI=1S/C63H45BN4/c1-63(2)54-31-17-15-29-48(54)50-36-37-51-49-30-16-19-33-58(49)68(62(51)60(50)63)64-55-32-18-20-34-59(55)67-57-38-35-46(65(42-21-7-3-8-22-42)43-23-9-4-10-24-43)39-52(57)53-40-47(41-56(64)61(53)67)66(44-25-11-5-12-26-44)45-27-13-6-14-28-45/h3-41H,1-2H3. The van der Waals surface area contributed by atoms with Crippen molar-refractivity contribution in [1.29, 1.82) is 0 Å². The second-order valence-electron chi connectivity index (χ2n) is 18.9. The Morgan fingerprint density at radius 1 is 0.368 bits per heavy atom. The highest BCUT2D eigenvalue weighted by Crippen LogP contribution is 2.53. The fourth-order valence-corrected chi connectivity index (χ4v) is 12.1. The highest BCUT2D eigenvalue weighted by molar-refractivity contribution is 6.88. The van der Waals surface area contributed by atoms with Gasteiger partial charge in [0.15, 0.2) is 0 Å². The summed E-state index contributed by atoms with van der Waals surface area (Å²) in [5.74, 6) is 0. The Hall–Kier alpha value is -8.54. The lowest BCUT2D eigenvalue weighted by Crippen LogP contribution is -2.53. The van der Waals surface area contributed by atoms with Gasteiger partial charge in [0.1, 0.15) is 0 Å². The van der Waals surface area contributed by atoms with Crippen LogP contribution in [0.3, 0.4) is 0 Å². The van der Waals surface area contributed by atoms with Crippen LogP contribution in [0.1, 0.15) is 25.0 Å². The van der Waals surface area contributed by atoms with Gasteiger partial charge in [-0.15, -0.1) is 0 Å². The normalized spacial score (nSPS) is 13.2. The summed E-state index contributed by atoms with van der Waals surface area (Å²) in [7, 11) is 0. The summed E-state index contributed by atoms with van der Waals surface area (Å²) in [6.45, 7) is 4.68. The van der Waals surface area contributed by atoms with Gasteiger partial charge in [0, 0.05) is 77.8 Å². The van der Waals surface area contributed by atoms with Crippen molar-refractivity contribution in [2.24, 2.45) is 0 Å². The maximum absolute atomic E-state index is 2.73. The quantitative estimate of drug-likeness (QED) is 0.148. The monoisotopic (exact) mass is 868 g/mol. The molecule has 0 N–H and O–H groups in total. The van der Waals surface area contributed by atoms with Crippen molar-refractivity contribution < 1.29 is 0 Å². The first-order valence-corrected chi connectivity index (χ1v) is 23.7. The summed E-state index contributed by atoms with van der Waals surface area (Å²) in [5.41, 5.74) is 20.6. The van der Waals surface area contributed by atoms with Crippen molar-refractivity contribution in [3.63, 3.8) is 0 Å². The van der Waals surface area contributed by atoms with E-state index in [4.69, 9.17) is 0 Å². The predicted molar refractivity (Wildman–Crippen MR) is 288 cm³/mol. The molecule has 2 aromatic heterocycles. The average Bonchev–Trinajstić information content (AvgIpc) is 3.98. The zero-order valence-corrected chi connectivity index (χ0v) is 37.9. The molecule has 320 valence electrons. The maximum atomic E-state index is 2.73. The van der Waals surface area contributed by atoms with Crippen LogP contribution < -0.4 is 20.7 Å². The van der Waals surface area contributed by atoms with Gasteiger partial charge in [0.05, 0.1) is 11.0 Å². The molecule has 0 saturated carbocycles. The van der Waals surface area contributed by atoms with Gasteiger partial charge in [-0.3, -0.25) is 0 Å². The van der Waals surface area contributed by atoms with E-state index < -0.39 is 0 Å². The van der Waals surface area contributed by atoms with Crippen molar-refractivity contribution >= 4 is 95.5 Å². The van der Waals surface area contributed by atoms with E-state index in [0.717, 1.165) is 34.1 Å². The average molecular weight is 869 g/mol. The van der Waals surface area contributed by atoms with Gasteiger partial charge in [-0.05, 0) is 124 Å². The second kappa shape index (κ2) is 14.7. The minimum Gasteiger partial charge on any atom is -0.376 e. The van der Waals surface area contributed by atoms with Crippen LogP contribution >= 0.6 is 0 Å². The first kappa shape index (κ1) is 38.7. The molecule has 10 aromatic carbocycles. The number of rotatable bonds is 7. The van der Waals surface area contributed by atoms with Gasteiger partial charge in [-0.2, -0.15) is 0 Å².